The molecule has 1 fully saturated rings. The molecule has 0 aliphatic carbocycles. The number of carboxylic acids is 1. The summed E-state index contributed by atoms with van der Waals surface area (Å²) in [5, 5.41) is 20.1. The lowest BCUT2D eigenvalue weighted by molar-refractivity contribution is -0.385. The maximum atomic E-state index is 12.5. The lowest BCUT2D eigenvalue weighted by Gasteiger charge is -2.30. The Bertz CT molecular complexity index is 614. The lowest BCUT2D eigenvalue weighted by atomic mass is 9.97. The van der Waals surface area contributed by atoms with E-state index in [2.05, 4.69) is 0 Å². The summed E-state index contributed by atoms with van der Waals surface area (Å²) < 4.78 is 0. The van der Waals surface area contributed by atoms with Crippen LogP contribution >= 0.6 is 0 Å². The van der Waals surface area contributed by atoms with Crippen LogP contribution in [0.5, 0.6) is 0 Å². The fourth-order valence-corrected chi connectivity index (χ4v) is 2.71. The molecule has 1 saturated heterocycles. The fourth-order valence-electron chi connectivity index (χ4n) is 2.71. The molecule has 0 saturated carbocycles. The predicted molar refractivity (Wildman–Crippen MR) is 78.7 cm³/mol. The first-order chi connectivity index (χ1) is 10.4. The molecule has 1 aromatic carbocycles. The van der Waals surface area contributed by atoms with Crippen LogP contribution < -0.4 is 0 Å². The summed E-state index contributed by atoms with van der Waals surface area (Å²) in [4.78, 5) is 35.6. The molecule has 1 unspecified atom stereocenters. The standard InChI is InChI=1S/C15H18N2O5/c1-2-10-5-6-11(8-13(10)17(21)22)14(18)16-7-3-4-12(9-16)15(19)20/h5-6,8,12H,2-4,7,9H2,1H3,(H,19,20). The molecule has 0 spiro atoms. The third-order valence-corrected chi connectivity index (χ3v) is 3.97. The Morgan fingerprint density at radius 3 is 2.77 bits per heavy atom. The van der Waals surface area contributed by atoms with Crippen LogP contribution in [0.1, 0.15) is 35.7 Å². The van der Waals surface area contributed by atoms with E-state index in [1.807, 2.05) is 6.92 Å². The van der Waals surface area contributed by atoms with Crippen LogP contribution in [-0.2, 0) is 11.2 Å². The second kappa shape index (κ2) is 6.55. The van der Waals surface area contributed by atoms with E-state index in [9.17, 15) is 19.7 Å². The predicted octanol–water partition coefficient (Wildman–Crippen LogP) is 2.09. The van der Waals surface area contributed by atoms with Gasteiger partial charge in [-0.2, -0.15) is 0 Å². The van der Waals surface area contributed by atoms with Crippen LogP contribution in [0.3, 0.4) is 0 Å². The highest BCUT2D eigenvalue weighted by Crippen LogP contribution is 2.24. The summed E-state index contributed by atoms with van der Waals surface area (Å²) >= 11 is 0. The monoisotopic (exact) mass is 306 g/mol. The molecule has 0 bridgehead atoms. The number of aliphatic carboxylic acids is 1. The Morgan fingerprint density at radius 1 is 1.45 bits per heavy atom. The van der Waals surface area contributed by atoms with Crippen LogP contribution in [0.15, 0.2) is 18.2 Å². The number of carboxylic acid groups (broad SMARTS) is 1. The van der Waals surface area contributed by atoms with Crippen LogP contribution in [0.4, 0.5) is 5.69 Å². The second-order valence-electron chi connectivity index (χ2n) is 5.38. The molecule has 118 valence electrons. The number of rotatable bonds is 4. The number of benzene rings is 1. The van der Waals surface area contributed by atoms with Crippen molar-refractivity contribution in [1.82, 2.24) is 4.90 Å². The number of nitro benzene ring substituents is 1. The van der Waals surface area contributed by atoms with E-state index in [-0.39, 0.29) is 23.7 Å². The molecular formula is C15H18N2O5. The van der Waals surface area contributed by atoms with Crippen molar-refractivity contribution in [3.05, 3.63) is 39.4 Å². The second-order valence-corrected chi connectivity index (χ2v) is 5.38. The van der Waals surface area contributed by atoms with Crippen molar-refractivity contribution in [3.63, 3.8) is 0 Å². The minimum absolute atomic E-state index is 0.0693. The number of hydrogen-bond acceptors (Lipinski definition) is 4. The van der Waals surface area contributed by atoms with Crippen LogP contribution in [-0.4, -0.2) is 39.9 Å². The van der Waals surface area contributed by atoms with E-state index in [4.69, 9.17) is 5.11 Å². The Labute approximate surface area is 127 Å². The number of nitro groups is 1. The Hall–Kier alpha value is -2.44. The molecule has 7 nitrogen and oxygen atoms in total. The van der Waals surface area contributed by atoms with Gasteiger partial charge in [-0.05, 0) is 25.3 Å². The SMILES string of the molecule is CCc1ccc(C(=O)N2CCCC(C(=O)O)C2)cc1[N+](=O)[O-]. The lowest BCUT2D eigenvalue weighted by Crippen LogP contribution is -2.42. The topological polar surface area (TPSA) is 101 Å². The number of amides is 1. The summed E-state index contributed by atoms with van der Waals surface area (Å²) in [5.74, 6) is -1.83. The van der Waals surface area contributed by atoms with E-state index >= 15 is 0 Å². The van der Waals surface area contributed by atoms with Gasteiger partial charge in [0.1, 0.15) is 0 Å². The van der Waals surface area contributed by atoms with Crippen molar-refractivity contribution in [2.45, 2.75) is 26.2 Å². The molecule has 1 aromatic rings. The van der Waals surface area contributed by atoms with Crippen molar-refractivity contribution < 1.29 is 19.6 Å². The summed E-state index contributed by atoms with van der Waals surface area (Å²) in [7, 11) is 0. The molecule has 2 rings (SSSR count). The van der Waals surface area contributed by atoms with E-state index in [0.29, 0.717) is 31.4 Å². The number of aryl methyl sites for hydroxylation is 1. The molecular weight excluding hydrogens is 288 g/mol. The summed E-state index contributed by atoms with van der Waals surface area (Å²) in [6.45, 7) is 2.44. The minimum Gasteiger partial charge on any atom is -0.481 e. The van der Waals surface area contributed by atoms with Gasteiger partial charge >= 0.3 is 5.97 Å². The molecule has 0 aromatic heterocycles. The Kier molecular flexibility index (Phi) is 4.75. The smallest absolute Gasteiger partial charge is 0.308 e. The Morgan fingerprint density at radius 2 is 2.18 bits per heavy atom. The quantitative estimate of drug-likeness (QED) is 0.678. The average molecular weight is 306 g/mol. The van der Waals surface area contributed by atoms with E-state index in [1.165, 1.54) is 11.0 Å². The van der Waals surface area contributed by atoms with E-state index in [1.54, 1.807) is 12.1 Å². The molecule has 22 heavy (non-hydrogen) atoms. The van der Waals surface area contributed by atoms with Crippen molar-refractivity contribution in [2.24, 2.45) is 5.92 Å². The first kappa shape index (κ1) is 15.9. The maximum absolute atomic E-state index is 12.5. The molecule has 1 atom stereocenters. The molecule has 1 heterocycles. The third kappa shape index (κ3) is 3.24. The van der Waals surface area contributed by atoms with Gasteiger partial charge < -0.3 is 10.0 Å². The normalized spacial score (nSPS) is 18.0. The van der Waals surface area contributed by atoms with Gasteiger partial charge in [0, 0.05) is 30.3 Å². The van der Waals surface area contributed by atoms with Gasteiger partial charge in [0.25, 0.3) is 11.6 Å². The highest BCUT2D eigenvalue weighted by atomic mass is 16.6. The largest absolute Gasteiger partial charge is 0.481 e. The molecule has 1 N–H and O–H groups in total. The van der Waals surface area contributed by atoms with Gasteiger partial charge in [0.2, 0.25) is 0 Å². The zero-order chi connectivity index (χ0) is 16.3. The van der Waals surface area contributed by atoms with Crippen LogP contribution in [0, 0.1) is 16.0 Å². The highest BCUT2D eigenvalue weighted by molar-refractivity contribution is 5.95. The number of nitrogens with zero attached hydrogens (tertiary/aromatic N) is 2. The number of hydrogen-bond donors (Lipinski definition) is 1. The van der Waals surface area contributed by atoms with Gasteiger partial charge in [0.15, 0.2) is 0 Å². The molecule has 0 radical (unpaired) electrons. The summed E-state index contributed by atoms with van der Waals surface area (Å²) in [5.41, 5.74) is 0.735. The first-order valence-electron chi connectivity index (χ1n) is 7.23. The van der Waals surface area contributed by atoms with Gasteiger partial charge in [-0.25, -0.2) is 0 Å². The van der Waals surface area contributed by atoms with Gasteiger partial charge in [-0.3, -0.25) is 19.7 Å². The summed E-state index contributed by atoms with van der Waals surface area (Å²) in [6.07, 6.45) is 1.68. The van der Waals surface area contributed by atoms with Crippen molar-refractivity contribution >= 4 is 17.6 Å². The number of piperidine rings is 1. The molecule has 7 heteroatoms. The van der Waals surface area contributed by atoms with E-state index < -0.39 is 16.8 Å². The molecule has 1 aliphatic rings. The van der Waals surface area contributed by atoms with Gasteiger partial charge in [-0.15, -0.1) is 0 Å². The molecule has 1 amide bonds. The van der Waals surface area contributed by atoms with Crippen molar-refractivity contribution in [1.29, 1.82) is 0 Å². The molecule has 1 aliphatic heterocycles. The highest BCUT2D eigenvalue weighted by Gasteiger charge is 2.29. The summed E-state index contributed by atoms with van der Waals surface area (Å²) in [6, 6.07) is 4.44. The van der Waals surface area contributed by atoms with E-state index in [0.717, 1.165) is 0 Å². The average Bonchev–Trinajstić information content (AvgIpc) is 2.53. The van der Waals surface area contributed by atoms with Gasteiger partial charge in [-0.1, -0.05) is 13.0 Å². The number of likely N-dealkylation sites (tertiary alicyclic amines) is 1. The number of carbonyl (C=O) groups excluding carboxylic acids is 1. The van der Waals surface area contributed by atoms with Crippen LogP contribution in [0.2, 0.25) is 0 Å². The van der Waals surface area contributed by atoms with Gasteiger partial charge in [0.05, 0.1) is 10.8 Å². The fraction of sp³-hybridized carbons (Fsp3) is 0.467. The Balaban J connectivity index is 2.24. The van der Waals surface area contributed by atoms with Crippen LogP contribution in [0.25, 0.3) is 0 Å². The minimum atomic E-state index is -0.912. The first-order valence-corrected chi connectivity index (χ1v) is 7.23. The zero-order valence-corrected chi connectivity index (χ0v) is 12.3. The van der Waals surface area contributed by atoms with Crippen molar-refractivity contribution in [2.75, 3.05) is 13.1 Å². The number of carbonyl (C=O) groups is 2. The maximum Gasteiger partial charge on any atom is 0.308 e. The third-order valence-electron chi connectivity index (χ3n) is 3.97. The van der Waals surface area contributed by atoms with Crippen molar-refractivity contribution in [3.8, 4) is 0 Å². The zero-order valence-electron chi connectivity index (χ0n) is 12.3.